The number of anilines is 1. The summed E-state index contributed by atoms with van der Waals surface area (Å²) in [4.78, 5) is 22.9. The number of carboxylic acids is 1. The third kappa shape index (κ3) is 6.66. The Morgan fingerprint density at radius 1 is 1.12 bits per heavy atom. The van der Waals surface area contributed by atoms with Gasteiger partial charge in [-0.15, -0.1) is 0 Å². The summed E-state index contributed by atoms with van der Waals surface area (Å²) in [5, 5.41) is 40.5. The molecule has 0 aromatic carbocycles. The van der Waals surface area contributed by atoms with Crippen LogP contribution in [0.15, 0.2) is 12.7 Å². The van der Waals surface area contributed by atoms with E-state index < -0.39 is 57.1 Å². The van der Waals surface area contributed by atoms with Crippen molar-refractivity contribution in [3.05, 3.63) is 12.7 Å². The third-order valence-electron chi connectivity index (χ3n) is 5.19. The Balaban J connectivity index is 1.48. The van der Waals surface area contributed by atoms with Gasteiger partial charge in [-0.25, -0.2) is 0 Å². The molecular weight excluding hydrogens is 553 g/mol. The molecule has 190 valence electrons. The molecule has 0 unspecified atom stereocenters. The molecule has 0 spiro atoms. The average molecular weight is 583 g/mol. The van der Waals surface area contributed by atoms with Gasteiger partial charge in [0.1, 0.15) is 0 Å². The molecule has 1 fully saturated rings. The van der Waals surface area contributed by atoms with Gasteiger partial charge in [0.15, 0.2) is 0 Å². The Hall–Kier alpha value is -1.33. The SMILES string of the molecule is Nc1ncnc2c1ncn2[C@@H]1O[C@H](C[SeH]=C(O)[C@@H](N)CCSSCC[C@H](N)C(=O)O)[C@@H](O)[C@H]1O. The van der Waals surface area contributed by atoms with Crippen LogP contribution in [0.3, 0.4) is 0 Å². The molecular formula is C18H29N7O6S2Se. The summed E-state index contributed by atoms with van der Waals surface area (Å²) in [5.41, 5.74) is 18.1. The number of fused-ring (bicyclic) bond motifs is 1. The topological polar surface area (TPSA) is 229 Å². The zero-order valence-corrected chi connectivity index (χ0v) is 21.6. The van der Waals surface area contributed by atoms with Gasteiger partial charge in [-0.1, -0.05) is 0 Å². The monoisotopic (exact) mass is 583 g/mol. The zero-order chi connectivity index (χ0) is 24.8. The van der Waals surface area contributed by atoms with Crippen LogP contribution in [-0.2, 0) is 9.53 Å². The van der Waals surface area contributed by atoms with Crippen molar-refractivity contribution in [2.24, 2.45) is 11.5 Å². The number of carboxylic acid groups (broad SMARTS) is 1. The summed E-state index contributed by atoms with van der Waals surface area (Å²) >= 11 is -0.754. The maximum atomic E-state index is 10.7. The second-order valence-electron chi connectivity index (χ2n) is 7.60. The van der Waals surface area contributed by atoms with Crippen molar-refractivity contribution < 1.29 is 30.0 Å². The molecule has 3 rings (SSSR count). The fourth-order valence-electron chi connectivity index (χ4n) is 3.19. The van der Waals surface area contributed by atoms with Crippen molar-refractivity contribution in [3.8, 4) is 0 Å². The molecule has 1 saturated heterocycles. The first-order chi connectivity index (χ1) is 16.2. The Morgan fingerprint density at radius 2 is 1.79 bits per heavy atom. The Bertz CT molecular complexity index is 1010. The van der Waals surface area contributed by atoms with Crippen molar-refractivity contribution in [1.82, 2.24) is 19.5 Å². The first kappa shape index (κ1) is 27.3. The van der Waals surface area contributed by atoms with Crippen LogP contribution in [0.1, 0.15) is 19.1 Å². The molecule has 13 nitrogen and oxygen atoms in total. The minimum atomic E-state index is -1.21. The maximum absolute atomic E-state index is 10.7. The normalized spacial score (nSPS) is 25.3. The molecule has 3 heterocycles. The van der Waals surface area contributed by atoms with E-state index in [-0.39, 0.29) is 10.4 Å². The number of nitrogen functional groups attached to an aromatic ring is 1. The van der Waals surface area contributed by atoms with E-state index in [1.54, 1.807) is 10.8 Å². The molecule has 1 aliphatic rings. The van der Waals surface area contributed by atoms with Crippen LogP contribution in [0.5, 0.6) is 0 Å². The Labute approximate surface area is 208 Å². The standard InChI is InChI=1S/C18H29N7O6S2Se/c19-8(17(28)29)1-3-32-33-4-2-9(20)18(30)34-5-10-12(26)13(27)16(31-10)25-7-24-11-14(21)22-6-23-15(11)25/h6-10,12-13,16,26-27,30,34H,1-5,19-20H2,(H,28,29)(H2,21,22,23)/t8-,9-,10+,12+,13+,16+/m0/s1. The van der Waals surface area contributed by atoms with Crippen molar-refractivity contribution in [3.63, 3.8) is 0 Å². The van der Waals surface area contributed by atoms with Gasteiger partial charge in [0.05, 0.1) is 0 Å². The first-order valence-corrected chi connectivity index (χ1v) is 15.1. The molecule has 2 aromatic heterocycles. The Morgan fingerprint density at radius 3 is 2.47 bits per heavy atom. The van der Waals surface area contributed by atoms with E-state index in [4.69, 9.17) is 27.0 Å². The van der Waals surface area contributed by atoms with Crippen LogP contribution in [0.4, 0.5) is 5.82 Å². The predicted molar refractivity (Wildman–Crippen MR) is 132 cm³/mol. The van der Waals surface area contributed by atoms with E-state index in [0.29, 0.717) is 40.8 Å². The van der Waals surface area contributed by atoms with Crippen LogP contribution in [0.2, 0.25) is 5.32 Å². The van der Waals surface area contributed by atoms with E-state index in [2.05, 4.69) is 15.0 Å². The van der Waals surface area contributed by atoms with E-state index in [1.807, 2.05) is 0 Å². The Kier molecular flexibility index (Phi) is 10.1. The molecule has 0 saturated carbocycles. The molecule has 0 bridgehead atoms. The van der Waals surface area contributed by atoms with E-state index >= 15 is 0 Å². The second kappa shape index (κ2) is 12.6. The van der Waals surface area contributed by atoms with Crippen LogP contribution >= 0.6 is 21.6 Å². The number of aromatic nitrogens is 4. The number of aliphatic carboxylic acids is 1. The summed E-state index contributed by atoms with van der Waals surface area (Å²) in [6.07, 6.45) is -0.307. The van der Waals surface area contributed by atoms with Gasteiger partial charge in [-0.05, 0) is 0 Å². The van der Waals surface area contributed by atoms with E-state index in [0.717, 1.165) is 0 Å². The fraction of sp³-hybridized carbons (Fsp3) is 0.611. The number of aliphatic hydroxyl groups excluding tert-OH is 3. The summed E-state index contributed by atoms with van der Waals surface area (Å²) in [6.45, 7) is 0. The summed E-state index contributed by atoms with van der Waals surface area (Å²) in [6, 6.07) is -1.37. The summed E-state index contributed by atoms with van der Waals surface area (Å²) in [7, 11) is 3.06. The van der Waals surface area contributed by atoms with E-state index in [1.165, 1.54) is 28.0 Å². The third-order valence-corrected chi connectivity index (χ3v) is 10.2. The van der Waals surface area contributed by atoms with Gasteiger partial charge in [-0.2, -0.15) is 0 Å². The first-order valence-electron chi connectivity index (χ1n) is 10.4. The van der Waals surface area contributed by atoms with Gasteiger partial charge in [-0.3, -0.25) is 0 Å². The number of rotatable bonds is 12. The number of imidazole rings is 1. The minimum absolute atomic E-state index is 0.178. The van der Waals surface area contributed by atoms with Crippen molar-refractivity contribution >= 4 is 63.7 Å². The quantitative estimate of drug-likeness (QED) is 0.0840. The van der Waals surface area contributed by atoms with Crippen molar-refractivity contribution in [2.45, 2.75) is 54.8 Å². The van der Waals surface area contributed by atoms with Gasteiger partial charge in [0.25, 0.3) is 0 Å². The number of aliphatic hydroxyl groups is 3. The molecule has 2 aromatic rings. The molecule has 6 atom stereocenters. The predicted octanol–water partition coefficient (Wildman–Crippen LogP) is -1.71. The molecule has 34 heavy (non-hydrogen) atoms. The molecule has 1 aliphatic heterocycles. The van der Waals surface area contributed by atoms with Crippen LogP contribution in [-0.4, -0.2) is 107 Å². The molecule has 0 aliphatic carbocycles. The summed E-state index contributed by atoms with van der Waals surface area (Å²) in [5.74, 6) is 0.483. The zero-order valence-electron chi connectivity index (χ0n) is 18.0. The average Bonchev–Trinajstić information content (AvgIpc) is 3.36. The number of hydrogen-bond donors (Lipinski definition) is 7. The molecule has 0 amide bonds. The number of carbonyl (C=O) groups is 1. The second-order valence-corrected chi connectivity index (χ2v) is 12.7. The van der Waals surface area contributed by atoms with Gasteiger partial charge < -0.3 is 0 Å². The molecule has 10 N–H and O–H groups in total. The fourth-order valence-corrected chi connectivity index (χ4v) is 7.57. The van der Waals surface area contributed by atoms with Crippen LogP contribution < -0.4 is 17.2 Å². The number of nitrogens with zero attached hydrogens (tertiary/aromatic N) is 4. The van der Waals surface area contributed by atoms with Gasteiger partial charge in [0.2, 0.25) is 0 Å². The number of hydrogen-bond acceptors (Lipinski definition) is 13. The number of ether oxygens (including phenoxy) is 1. The molecule has 0 radical (unpaired) electrons. The van der Waals surface area contributed by atoms with Crippen molar-refractivity contribution in [2.75, 3.05) is 17.2 Å². The van der Waals surface area contributed by atoms with Gasteiger partial charge >= 0.3 is 209 Å². The van der Waals surface area contributed by atoms with Crippen LogP contribution in [0, 0.1) is 0 Å². The van der Waals surface area contributed by atoms with E-state index in [9.17, 15) is 20.1 Å². The molecule has 16 heteroatoms. The van der Waals surface area contributed by atoms with Crippen LogP contribution in [0.25, 0.3) is 11.2 Å². The number of nitrogens with two attached hydrogens (primary N) is 3. The summed E-state index contributed by atoms with van der Waals surface area (Å²) < 4.78 is 7.57. The van der Waals surface area contributed by atoms with Gasteiger partial charge in [0, 0.05) is 0 Å². The van der Waals surface area contributed by atoms with Crippen molar-refractivity contribution in [1.29, 1.82) is 0 Å².